The summed E-state index contributed by atoms with van der Waals surface area (Å²) in [5.41, 5.74) is 2.28. The van der Waals surface area contributed by atoms with Crippen molar-refractivity contribution in [2.45, 2.75) is 52.2 Å². The predicted octanol–water partition coefficient (Wildman–Crippen LogP) is 3.28. The van der Waals surface area contributed by atoms with Crippen molar-refractivity contribution in [1.29, 1.82) is 0 Å². The first-order valence-electron chi connectivity index (χ1n) is 10.1. The van der Waals surface area contributed by atoms with E-state index in [-0.39, 0.29) is 11.9 Å². The summed E-state index contributed by atoms with van der Waals surface area (Å²) in [4.78, 5) is 24.9. The van der Waals surface area contributed by atoms with Crippen molar-refractivity contribution in [2.24, 2.45) is 0 Å². The van der Waals surface area contributed by atoms with E-state index in [4.69, 9.17) is 4.74 Å². The molecule has 1 aromatic heterocycles. The maximum Gasteiger partial charge on any atom is 0.219 e. The number of aromatic nitrogens is 2. The van der Waals surface area contributed by atoms with Gasteiger partial charge in [-0.2, -0.15) is 0 Å². The first-order valence-corrected chi connectivity index (χ1v) is 10.1. The van der Waals surface area contributed by atoms with Crippen molar-refractivity contribution >= 4 is 5.91 Å². The Morgan fingerprint density at radius 1 is 1.14 bits per heavy atom. The van der Waals surface area contributed by atoms with E-state index < -0.39 is 0 Å². The van der Waals surface area contributed by atoms with Crippen LogP contribution in [0.4, 0.5) is 0 Å². The zero-order valence-corrected chi connectivity index (χ0v) is 16.9. The molecule has 0 saturated carbocycles. The molecule has 6 nitrogen and oxygen atoms in total. The van der Waals surface area contributed by atoms with Gasteiger partial charge in [-0.15, -0.1) is 0 Å². The van der Waals surface area contributed by atoms with Gasteiger partial charge in [-0.1, -0.05) is 12.1 Å². The average Bonchev–Trinajstić information content (AvgIpc) is 2.94. The van der Waals surface area contributed by atoms with Crippen LogP contribution >= 0.6 is 0 Å². The molecule has 0 bridgehead atoms. The standard InChI is InChI=1S/C22H30N4O2/c1-3-28-22-8-6-19(7-9-22)15-25-11-4-5-21(10-12-25)26(18(2)27)16-20-13-23-17-24-14-20/h6-9,13-14,17,21H,3-5,10-12,15-16H2,1-2H3/t21-/m0/s1. The number of rotatable bonds is 7. The van der Waals surface area contributed by atoms with Crippen LogP contribution in [0.25, 0.3) is 0 Å². The maximum atomic E-state index is 12.3. The van der Waals surface area contributed by atoms with Gasteiger partial charge in [0.15, 0.2) is 0 Å². The summed E-state index contributed by atoms with van der Waals surface area (Å²) in [6.07, 6.45) is 8.22. The van der Waals surface area contributed by atoms with Gasteiger partial charge in [-0.05, 0) is 50.4 Å². The molecule has 0 unspecified atom stereocenters. The summed E-state index contributed by atoms with van der Waals surface area (Å²) < 4.78 is 5.52. The fourth-order valence-corrected chi connectivity index (χ4v) is 3.83. The van der Waals surface area contributed by atoms with Crippen LogP contribution < -0.4 is 4.74 Å². The number of amides is 1. The van der Waals surface area contributed by atoms with Crippen molar-refractivity contribution in [3.63, 3.8) is 0 Å². The zero-order chi connectivity index (χ0) is 19.8. The second-order valence-electron chi connectivity index (χ2n) is 7.33. The van der Waals surface area contributed by atoms with Gasteiger partial charge in [0.05, 0.1) is 6.61 Å². The van der Waals surface area contributed by atoms with Gasteiger partial charge < -0.3 is 9.64 Å². The largest absolute Gasteiger partial charge is 0.494 e. The number of carbonyl (C=O) groups is 1. The third-order valence-electron chi connectivity index (χ3n) is 5.24. The lowest BCUT2D eigenvalue weighted by atomic mass is 10.1. The minimum atomic E-state index is 0.119. The topological polar surface area (TPSA) is 58.6 Å². The van der Waals surface area contributed by atoms with E-state index in [1.54, 1.807) is 19.3 Å². The predicted molar refractivity (Wildman–Crippen MR) is 109 cm³/mol. The number of nitrogens with zero attached hydrogens (tertiary/aromatic N) is 4. The number of hydrogen-bond donors (Lipinski definition) is 0. The van der Waals surface area contributed by atoms with Crippen LogP contribution in [0.1, 0.15) is 44.2 Å². The third kappa shape index (κ3) is 5.76. The minimum absolute atomic E-state index is 0.119. The molecule has 1 atom stereocenters. The van der Waals surface area contributed by atoms with E-state index in [2.05, 4.69) is 27.0 Å². The van der Waals surface area contributed by atoms with E-state index in [9.17, 15) is 4.79 Å². The molecule has 6 heteroatoms. The summed E-state index contributed by atoms with van der Waals surface area (Å²) in [5, 5.41) is 0. The lowest BCUT2D eigenvalue weighted by Crippen LogP contribution is -2.39. The van der Waals surface area contributed by atoms with Crippen LogP contribution in [0.15, 0.2) is 43.0 Å². The van der Waals surface area contributed by atoms with Gasteiger partial charge >= 0.3 is 0 Å². The summed E-state index contributed by atoms with van der Waals surface area (Å²) in [7, 11) is 0. The first kappa shape index (κ1) is 20.3. The number of benzene rings is 1. The lowest BCUT2D eigenvalue weighted by molar-refractivity contribution is -0.132. The summed E-state index contributed by atoms with van der Waals surface area (Å²) in [6.45, 7) is 7.92. The number of hydrogen-bond acceptors (Lipinski definition) is 5. The molecule has 150 valence electrons. The normalized spacial score (nSPS) is 17.7. The molecule has 0 aliphatic carbocycles. The molecule has 2 heterocycles. The quantitative estimate of drug-likeness (QED) is 0.735. The molecule has 0 spiro atoms. The highest BCUT2D eigenvalue weighted by molar-refractivity contribution is 5.73. The van der Waals surface area contributed by atoms with E-state index in [1.807, 2.05) is 24.0 Å². The summed E-state index contributed by atoms with van der Waals surface area (Å²) >= 11 is 0. The molecule has 1 aromatic carbocycles. The fourth-order valence-electron chi connectivity index (χ4n) is 3.83. The average molecular weight is 383 g/mol. The van der Waals surface area contributed by atoms with Crippen LogP contribution in [-0.4, -0.2) is 51.4 Å². The van der Waals surface area contributed by atoms with Crippen molar-refractivity contribution in [1.82, 2.24) is 19.8 Å². The Kier molecular flexibility index (Phi) is 7.37. The maximum absolute atomic E-state index is 12.3. The van der Waals surface area contributed by atoms with Crippen LogP contribution in [0.5, 0.6) is 5.75 Å². The van der Waals surface area contributed by atoms with Gasteiger partial charge in [-0.25, -0.2) is 9.97 Å². The zero-order valence-electron chi connectivity index (χ0n) is 16.9. The summed E-state index contributed by atoms with van der Waals surface area (Å²) in [5.74, 6) is 1.04. The fraction of sp³-hybridized carbons (Fsp3) is 0.500. The second kappa shape index (κ2) is 10.2. The van der Waals surface area contributed by atoms with Gasteiger partial charge in [0.25, 0.3) is 0 Å². The van der Waals surface area contributed by atoms with Gasteiger partial charge in [-0.3, -0.25) is 9.69 Å². The van der Waals surface area contributed by atoms with Crippen molar-refractivity contribution in [2.75, 3.05) is 19.7 Å². The van der Waals surface area contributed by atoms with E-state index in [0.29, 0.717) is 13.2 Å². The molecule has 0 N–H and O–H groups in total. The van der Waals surface area contributed by atoms with Gasteiger partial charge in [0, 0.05) is 50.6 Å². The number of ether oxygens (including phenoxy) is 1. The van der Waals surface area contributed by atoms with Crippen LogP contribution in [0, 0.1) is 0 Å². The molecule has 28 heavy (non-hydrogen) atoms. The SMILES string of the molecule is CCOc1ccc(CN2CCC[C@H](N(Cc3cncnc3)C(C)=O)CC2)cc1. The van der Waals surface area contributed by atoms with Crippen molar-refractivity contribution in [3.8, 4) is 5.75 Å². The Labute approximate surface area is 167 Å². The minimum Gasteiger partial charge on any atom is -0.494 e. The van der Waals surface area contributed by atoms with Gasteiger partial charge in [0.2, 0.25) is 5.91 Å². The third-order valence-corrected chi connectivity index (χ3v) is 5.24. The molecule has 1 aliphatic heterocycles. The lowest BCUT2D eigenvalue weighted by Gasteiger charge is -2.30. The monoisotopic (exact) mass is 382 g/mol. The van der Waals surface area contributed by atoms with Gasteiger partial charge in [0.1, 0.15) is 12.1 Å². The van der Waals surface area contributed by atoms with Crippen LogP contribution in [-0.2, 0) is 17.9 Å². The smallest absolute Gasteiger partial charge is 0.219 e. The highest BCUT2D eigenvalue weighted by Crippen LogP contribution is 2.21. The molecule has 1 saturated heterocycles. The number of likely N-dealkylation sites (tertiary alicyclic amines) is 1. The molecule has 1 aliphatic rings. The Balaban J connectivity index is 1.57. The van der Waals surface area contributed by atoms with E-state index >= 15 is 0 Å². The molecule has 1 fully saturated rings. The van der Waals surface area contributed by atoms with Crippen molar-refractivity contribution < 1.29 is 9.53 Å². The molecule has 1 amide bonds. The molecule has 0 radical (unpaired) electrons. The Morgan fingerprint density at radius 3 is 2.57 bits per heavy atom. The van der Waals surface area contributed by atoms with Crippen molar-refractivity contribution in [3.05, 3.63) is 54.1 Å². The highest BCUT2D eigenvalue weighted by atomic mass is 16.5. The molecule has 3 rings (SSSR count). The molecular weight excluding hydrogens is 352 g/mol. The Morgan fingerprint density at radius 2 is 1.89 bits per heavy atom. The molecule has 2 aromatic rings. The van der Waals surface area contributed by atoms with E-state index in [1.165, 1.54) is 11.9 Å². The first-order chi connectivity index (χ1) is 13.7. The Bertz CT molecular complexity index is 736. The van der Waals surface area contributed by atoms with E-state index in [0.717, 1.165) is 50.2 Å². The number of carbonyl (C=O) groups excluding carboxylic acids is 1. The molecular formula is C22H30N4O2. The second-order valence-corrected chi connectivity index (χ2v) is 7.33. The Hall–Kier alpha value is -2.47. The van der Waals surface area contributed by atoms with Crippen LogP contribution in [0.3, 0.4) is 0 Å². The van der Waals surface area contributed by atoms with Crippen LogP contribution in [0.2, 0.25) is 0 Å². The highest BCUT2D eigenvalue weighted by Gasteiger charge is 2.24. The summed E-state index contributed by atoms with van der Waals surface area (Å²) in [6, 6.07) is 8.63.